The zero-order chi connectivity index (χ0) is 17.6. The van der Waals surface area contributed by atoms with Crippen molar-refractivity contribution >= 4 is 11.8 Å². The van der Waals surface area contributed by atoms with Crippen LogP contribution in [0.5, 0.6) is 0 Å². The third-order valence-corrected chi connectivity index (χ3v) is 4.24. The minimum absolute atomic E-state index is 0.0582. The van der Waals surface area contributed by atoms with Gasteiger partial charge in [-0.05, 0) is 43.0 Å². The first-order valence-corrected chi connectivity index (χ1v) is 8.31. The predicted molar refractivity (Wildman–Crippen MR) is 90.1 cm³/mol. The molecule has 2 aromatic rings. The van der Waals surface area contributed by atoms with Gasteiger partial charge >= 0.3 is 0 Å². The van der Waals surface area contributed by atoms with Crippen LogP contribution in [-0.4, -0.2) is 42.1 Å². The Kier molecular flexibility index (Phi) is 5.39. The zero-order valence-electron chi connectivity index (χ0n) is 14.0. The van der Waals surface area contributed by atoms with E-state index in [1.807, 2.05) is 24.3 Å². The van der Waals surface area contributed by atoms with Gasteiger partial charge in [0.25, 0.3) is 17.6 Å². The van der Waals surface area contributed by atoms with Crippen molar-refractivity contribution in [2.45, 2.75) is 25.3 Å². The number of nitrogens with one attached hydrogen (secondary N) is 3. The lowest BCUT2D eigenvalue weighted by Gasteiger charge is -2.23. The van der Waals surface area contributed by atoms with Gasteiger partial charge in [0.15, 0.2) is 0 Å². The molecule has 0 aliphatic carbocycles. The Morgan fingerprint density at radius 3 is 2.76 bits per heavy atom. The molecule has 2 amide bonds. The lowest BCUT2D eigenvalue weighted by molar-refractivity contribution is 0.0938. The fraction of sp³-hybridized carbons (Fsp3) is 0.412. The van der Waals surface area contributed by atoms with Crippen LogP contribution in [0, 0.1) is 0 Å². The van der Waals surface area contributed by atoms with Gasteiger partial charge in [0, 0.05) is 19.2 Å². The summed E-state index contributed by atoms with van der Waals surface area (Å²) in [5, 5.41) is 12.0. The van der Waals surface area contributed by atoms with Crippen LogP contribution in [0.15, 0.2) is 28.8 Å². The summed E-state index contributed by atoms with van der Waals surface area (Å²) in [4.78, 5) is 27.5. The lowest BCUT2D eigenvalue weighted by Crippen LogP contribution is -2.28. The Morgan fingerprint density at radius 1 is 1.28 bits per heavy atom. The summed E-state index contributed by atoms with van der Waals surface area (Å²) < 4.78 is 4.93. The van der Waals surface area contributed by atoms with Crippen LogP contribution in [-0.2, 0) is 6.54 Å². The van der Waals surface area contributed by atoms with Crippen LogP contribution in [0.4, 0.5) is 0 Å². The molecule has 0 spiro atoms. The Morgan fingerprint density at radius 2 is 2.08 bits per heavy atom. The van der Waals surface area contributed by atoms with Gasteiger partial charge in [0.2, 0.25) is 5.89 Å². The molecule has 1 aromatic carbocycles. The normalized spacial score (nSPS) is 17.1. The summed E-state index contributed by atoms with van der Waals surface area (Å²) >= 11 is 0. The topological polar surface area (TPSA) is 109 Å². The number of hydrogen-bond acceptors (Lipinski definition) is 6. The van der Waals surface area contributed by atoms with E-state index >= 15 is 0 Å². The Balaban J connectivity index is 1.56. The highest BCUT2D eigenvalue weighted by Crippen LogP contribution is 2.23. The van der Waals surface area contributed by atoms with E-state index < -0.39 is 5.91 Å². The Hall–Kier alpha value is -2.74. The molecule has 0 bridgehead atoms. The molecule has 1 saturated heterocycles. The lowest BCUT2D eigenvalue weighted by atomic mass is 9.91. The first-order chi connectivity index (χ1) is 12.2. The number of nitrogens with zero attached hydrogens (tertiary/aromatic N) is 2. The number of hydrogen-bond donors (Lipinski definition) is 3. The molecule has 132 valence electrons. The van der Waals surface area contributed by atoms with Crippen molar-refractivity contribution in [1.29, 1.82) is 0 Å². The maximum atomic E-state index is 12.2. The first kappa shape index (κ1) is 17.1. The highest BCUT2D eigenvalue weighted by molar-refractivity contribution is 5.94. The molecule has 2 heterocycles. The van der Waals surface area contributed by atoms with E-state index in [4.69, 9.17) is 4.52 Å². The van der Waals surface area contributed by atoms with E-state index in [0.717, 1.165) is 13.1 Å². The van der Waals surface area contributed by atoms with E-state index in [-0.39, 0.29) is 24.2 Å². The third-order valence-electron chi connectivity index (χ3n) is 4.24. The van der Waals surface area contributed by atoms with E-state index in [1.54, 1.807) is 0 Å². The molecule has 8 heteroatoms. The maximum Gasteiger partial charge on any atom is 0.292 e. The van der Waals surface area contributed by atoms with Crippen molar-refractivity contribution in [2.24, 2.45) is 0 Å². The zero-order valence-corrected chi connectivity index (χ0v) is 14.0. The van der Waals surface area contributed by atoms with Crippen LogP contribution in [0.25, 0.3) is 0 Å². The largest absolute Gasteiger partial charge is 0.352 e. The molecule has 25 heavy (non-hydrogen) atoms. The van der Waals surface area contributed by atoms with E-state index in [1.165, 1.54) is 25.5 Å². The fourth-order valence-electron chi connectivity index (χ4n) is 2.83. The second-order valence-corrected chi connectivity index (χ2v) is 5.94. The van der Waals surface area contributed by atoms with Crippen LogP contribution in [0.1, 0.15) is 51.2 Å². The van der Waals surface area contributed by atoms with Crippen molar-refractivity contribution in [1.82, 2.24) is 26.1 Å². The second-order valence-electron chi connectivity index (χ2n) is 5.94. The summed E-state index contributed by atoms with van der Waals surface area (Å²) in [5.41, 5.74) is 1.81. The minimum Gasteiger partial charge on any atom is -0.352 e. The molecule has 0 saturated carbocycles. The molecule has 1 unspecified atom stereocenters. The molecule has 1 aliphatic heterocycles. The van der Waals surface area contributed by atoms with E-state index in [0.29, 0.717) is 11.5 Å². The fourth-order valence-corrected chi connectivity index (χ4v) is 2.83. The Labute approximate surface area is 145 Å². The summed E-state index contributed by atoms with van der Waals surface area (Å²) in [7, 11) is 1.48. The molecule has 1 aromatic heterocycles. The quantitative estimate of drug-likeness (QED) is 0.742. The van der Waals surface area contributed by atoms with Gasteiger partial charge in [-0.15, -0.1) is 0 Å². The highest BCUT2D eigenvalue weighted by atomic mass is 16.5. The van der Waals surface area contributed by atoms with Crippen LogP contribution in [0.3, 0.4) is 0 Å². The average molecular weight is 343 g/mol. The molecule has 1 atom stereocenters. The van der Waals surface area contributed by atoms with Crippen molar-refractivity contribution in [3.8, 4) is 0 Å². The number of piperidine rings is 1. The number of rotatable bonds is 5. The van der Waals surface area contributed by atoms with Crippen molar-refractivity contribution in [3.05, 3.63) is 47.1 Å². The van der Waals surface area contributed by atoms with Crippen molar-refractivity contribution in [3.63, 3.8) is 0 Å². The smallest absolute Gasteiger partial charge is 0.292 e. The number of carbonyl (C=O) groups is 2. The van der Waals surface area contributed by atoms with Gasteiger partial charge in [0.05, 0.1) is 6.54 Å². The van der Waals surface area contributed by atoms with Gasteiger partial charge in [-0.25, -0.2) is 0 Å². The number of aromatic nitrogens is 2. The highest BCUT2D eigenvalue weighted by Gasteiger charge is 2.16. The summed E-state index contributed by atoms with van der Waals surface area (Å²) in [5.74, 6) is -0.0384. The molecular weight excluding hydrogens is 322 g/mol. The van der Waals surface area contributed by atoms with Gasteiger partial charge in [-0.2, -0.15) is 4.98 Å². The monoisotopic (exact) mass is 343 g/mol. The molecule has 1 fully saturated rings. The standard InChI is InChI=1S/C17H21N5O3/c1-18-17(24)15-21-14(25-22-15)10-20-16(23)12-6-4-11(5-7-12)13-3-2-8-19-9-13/h4-7,13,19H,2-3,8-10H2,1H3,(H,18,24)(H,20,23). The van der Waals surface area contributed by atoms with Crippen molar-refractivity contribution < 1.29 is 14.1 Å². The second kappa shape index (κ2) is 7.89. The predicted octanol–water partition coefficient (Wildman–Crippen LogP) is 0.826. The molecule has 8 nitrogen and oxygen atoms in total. The van der Waals surface area contributed by atoms with Gasteiger partial charge in [-0.3, -0.25) is 9.59 Å². The van der Waals surface area contributed by atoms with Crippen LogP contribution in [0.2, 0.25) is 0 Å². The SMILES string of the molecule is CNC(=O)c1noc(CNC(=O)c2ccc(C3CCCNC3)cc2)n1. The average Bonchev–Trinajstić information content (AvgIpc) is 3.15. The Bertz CT molecular complexity index is 735. The van der Waals surface area contributed by atoms with Gasteiger partial charge in [-0.1, -0.05) is 17.3 Å². The molecule has 0 radical (unpaired) electrons. The number of carbonyl (C=O) groups excluding carboxylic acids is 2. The molecule has 3 rings (SSSR count). The van der Waals surface area contributed by atoms with Crippen LogP contribution < -0.4 is 16.0 Å². The van der Waals surface area contributed by atoms with Gasteiger partial charge in [0.1, 0.15) is 0 Å². The molecular formula is C17H21N5O3. The maximum absolute atomic E-state index is 12.2. The molecule has 1 aliphatic rings. The summed E-state index contributed by atoms with van der Waals surface area (Å²) in [6.45, 7) is 2.13. The minimum atomic E-state index is -0.436. The summed E-state index contributed by atoms with van der Waals surface area (Å²) in [6.07, 6.45) is 2.35. The van der Waals surface area contributed by atoms with Crippen LogP contribution >= 0.6 is 0 Å². The van der Waals surface area contributed by atoms with Crippen molar-refractivity contribution in [2.75, 3.05) is 20.1 Å². The van der Waals surface area contributed by atoms with E-state index in [2.05, 4.69) is 26.1 Å². The number of amides is 2. The van der Waals surface area contributed by atoms with E-state index in [9.17, 15) is 9.59 Å². The number of benzene rings is 1. The third kappa shape index (κ3) is 4.21. The van der Waals surface area contributed by atoms with Gasteiger partial charge < -0.3 is 20.5 Å². The summed E-state index contributed by atoms with van der Waals surface area (Å²) in [6, 6.07) is 7.65. The first-order valence-electron chi connectivity index (χ1n) is 8.31. The molecule has 3 N–H and O–H groups in total.